The van der Waals surface area contributed by atoms with E-state index >= 15 is 0 Å². The average Bonchev–Trinajstić information content (AvgIpc) is 2.58. The number of aliphatic hydroxyl groups is 1. The summed E-state index contributed by atoms with van der Waals surface area (Å²) in [5.74, 6) is -3.37. The summed E-state index contributed by atoms with van der Waals surface area (Å²) in [6, 6.07) is -2.45. The molecule has 0 saturated carbocycles. The SMILES string of the molecule is CC(C)CC(N)C(=O)O.CCCNC(CCO)C(=O)O.NC(=O)CC(N)C(=O)O. The van der Waals surface area contributed by atoms with Gasteiger partial charge in [0.1, 0.15) is 18.1 Å². The lowest BCUT2D eigenvalue weighted by Crippen LogP contribution is -2.37. The molecular weight excluding hydrogens is 388 g/mol. The van der Waals surface area contributed by atoms with Crippen molar-refractivity contribution in [3.8, 4) is 0 Å². The molecule has 172 valence electrons. The molecule has 0 aliphatic carbocycles. The summed E-state index contributed by atoms with van der Waals surface area (Å²) < 4.78 is 0. The molecule has 0 bridgehead atoms. The van der Waals surface area contributed by atoms with E-state index in [-0.39, 0.29) is 19.4 Å². The van der Waals surface area contributed by atoms with E-state index in [2.05, 4.69) is 11.1 Å². The first-order valence-corrected chi connectivity index (χ1v) is 9.12. The van der Waals surface area contributed by atoms with E-state index in [9.17, 15) is 19.2 Å². The second-order valence-corrected chi connectivity index (χ2v) is 6.55. The zero-order chi connectivity index (χ0) is 23.6. The number of carbonyl (C=O) groups is 4. The summed E-state index contributed by atoms with van der Waals surface area (Å²) in [5, 5.41) is 36.3. The minimum atomic E-state index is -1.21. The van der Waals surface area contributed by atoms with Crippen molar-refractivity contribution in [3.63, 3.8) is 0 Å². The molecule has 1 amide bonds. The predicted octanol–water partition coefficient (Wildman–Crippen LogP) is -1.46. The summed E-state index contributed by atoms with van der Waals surface area (Å²) in [5.41, 5.74) is 14.8. The number of hydrogen-bond acceptors (Lipinski definition) is 8. The van der Waals surface area contributed by atoms with Crippen LogP contribution >= 0.6 is 0 Å². The highest BCUT2D eigenvalue weighted by Crippen LogP contribution is 2.01. The van der Waals surface area contributed by atoms with Gasteiger partial charge in [-0.25, -0.2) is 0 Å². The van der Waals surface area contributed by atoms with Crippen LogP contribution in [0.15, 0.2) is 0 Å². The van der Waals surface area contributed by atoms with Gasteiger partial charge in [-0.15, -0.1) is 0 Å². The number of carbonyl (C=O) groups excluding carboxylic acids is 1. The number of amides is 1. The molecule has 3 atom stereocenters. The van der Waals surface area contributed by atoms with E-state index in [0.717, 1.165) is 6.42 Å². The Labute approximate surface area is 170 Å². The van der Waals surface area contributed by atoms with E-state index in [0.29, 0.717) is 18.9 Å². The van der Waals surface area contributed by atoms with Gasteiger partial charge in [-0.2, -0.15) is 0 Å². The van der Waals surface area contributed by atoms with Crippen molar-refractivity contribution < 1.29 is 39.6 Å². The van der Waals surface area contributed by atoms with E-state index in [1.54, 1.807) is 0 Å². The van der Waals surface area contributed by atoms with Crippen LogP contribution in [0.5, 0.6) is 0 Å². The molecule has 0 radical (unpaired) electrons. The molecule has 0 heterocycles. The summed E-state index contributed by atoms with van der Waals surface area (Å²) >= 11 is 0. The molecule has 0 aliphatic heterocycles. The highest BCUT2D eigenvalue weighted by atomic mass is 16.4. The fraction of sp³-hybridized carbons (Fsp3) is 0.765. The monoisotopic (exact) mass is 424 g/mol. The lowest BCUT2D eigenvalue weighted by atomic mass is 10.1. The number of carboxylic acid groups (broad SMARTS) is 3. The minimum Gasteiger partial charge on any atom is -0.480 e. The Morgan fingerprint density at radius 1 is 0.931 bits per heavy atom. The highest BCUT2D eigenvalue weighted by Gasteiger charge is 2.14. The van der Waals surface area contributed by atoms with Crippen molar-refractivity contribution in [2.45, 2.75) is 64.6 Å². The smallest absolute Gasteiger partial charge is 0.321 e. The number of nitrogens with two attached hydrogens (primary N) is 3. The van der Waals surface area contributed by atoms with Gasteiger partial charge in [0.25, 0.3) is 0 Å². The largest absolute Gasteiger partial charge is 0.480 e. The van der Waals surface area contributed by atoms with E-state index < -0.39 is 41.9 Å². The fourth-order valence-electron chi connectivity index (χ4n) is 1.67. The first kappa shape index (κ1) is 31.4. The van der Waals surface area contributed by atoms with E-state index in [1.807, 2.05) is 20.8 Å². The van der Waals surface area contributed by atoms with Crippen LogP contribution in [0.3, 0.4) is 0 Å². The number of carboxylic acids is 3. The fourth-order valence-corrected chi connectivity index (χ4v) is 1.67. The molecular formula is C17H36N4O8. The normalized spacial score (nSPS) is 13.1. The lowest BCUT2D eigenvalue weighted by molar-refractivity contribution is -0.140. The topological polar surface area (TPSA) is 239 Å². The molecule has 29 heavy (non-hydrogen) atoms. The minimum absolute atomic E-state index is 0.0896. The van der Waals surface area contributed by atoms with Crippen LogP contribution in [0.25, 0.3) is 0 Å². The van der Waals surface area contributed by atoms with Gasteiger partial charge in [-0.1, -0.05) is 20.8 Å². The second-order valence-electron chi connectivity index (χ2n) is 6.55. The average molecular weight is 424 g/mol. The van der Waals surface area contributed by atoms with E-state index in [1.165, 1.54) is 0 Å². The standard InChI is InChI=1S/C7H15NO3.C6H13NO2.C4H8N2O3/c1-2-4-8-6(3-5-9)7(10)11;1-4(2)3-5(7)6(8)9;5-2(4(8)9)1-3(6)7/h6,8-9H,2-5H2,1H3,(H,10,11);4-5H,3,7H2,1-2H3,(H,8,9);2H,1,5H2,(H2,6,7)(H,8,9). The molecule has 0 aliphatic rings. The maximum Gasteiger partial charge on any atom is 0.321 e. The van der Waals surface area contributed by atoms with Gasteiger partial charge >= 0.3 is 17.9 Å². The van der Waals surface area contributed by atoms with Crippen molar-refractivity contribution in [2.75, 3.05) is 13.2 Å². The van der Waals surface area contributed by atoms with Gasteiger partial charge in [0.2, 0.25) is 5.91 Å². The second kappa shape index (κ2) is 19.1. The molecule has 0 aromatic rings. The summed E-state index contributed by atoms with van der Waals surface area (Å²) in [7, 11) is 0. The molecule has 0 fully saturated rings. The number of hydrogen-bond donors (Lipinski definition) is 8. The molecule has 0 rings (SSSR count). The van der Waals surface area contributed by atoms with Gasteiger partial charge < -0.3 is 42.9 Å². The zero-order valence-electron chi connectivity index (χ0n) is 17.2. The van der Waals surface area contributed by atoms with Crippen LogP contribution in [-0.2, 0) is 19.2 Å². The summed E-state index contributed by atoms with van der Waals surface area (Å²) in [6.45, 7) is 6.45. The number of rotatable bonds is 12. The van der Waals surface area contributed by atoms with Crippen LogP contribution in [0.1, 0.15) is 46.5 Å². The maximum atomic E-state index is 10.4. The van der Waals surface area contributed by atoms with Crippen molar-refractivity contribution >= 4 is 23.8 Å². The molecule has 3 unspecified atom stereocenters. The summed E-state index contributed by atoms with van der Waals surface area (Å²) in [4.78, 5) is 40.4. The van der Waals surface area contributed by atoms with Crippen molar-refractivity contribution in [1.82, 2.24) is 5.32 Å². The number of aliphatic carboxylic acids is 3. The molecule has 0 spiro atoms. The van der Waals surface area contributed by atoms with Crippen LogP contribution in [0, 0.1) is 5.92 Å². The third kappa shape index (κ3) is 23.7. The van der Waals surface area contributed by atoms with Crippen LogP contribution < -0.4 is 22.5 Å². The first-order valence-electron chi connectivity index (χ1n) is 9.12. The Morgan fingerprint density at radius 3 is 1.62 bits per heavy atom. The molecule has 12 nitrogen and oxygen atoms in total. The molecule has 0 aromatic heterocycles. The quantitative estimate of drug-likeness (QED) is 0.180. The van der Waals surface area contributed by atoms with Crippen molar-refractivity contribution in [3.05, 3.63) is 0 Å². The van der Waals surface area contributed by atoms with Crippen molar-refractivity contribution in [1.29, 1.82) is 0 Å². The Kier molecular flexibility index (Phi) is 20.6. The highest BCUT2D eigenvalue weighted by molar-refractivity contribution is 5.83. The molecule has 11 N–H and O–H groups in total. The van der Waals surface area contributed by atoms with Crippen molar-refractivity contribution in [2.24, 2.45) is 23.1 Å². The Morgan fingerprint density at radius 2 is 1.41 bits per heavy atom. The number of primary amides is 1. The third-order valence-corrected chi connectivity index (χ3v) is 3.14. The molecule has 0 aromatic carbocycles. The van der Waals surface area contributed by atoms with Crippen LogP contribution in [0.4, 0.5) is 0 Å². The van der Waals surface area contributed by atoms with Gasteiger partial charge in [0.15, 0.2) is 0 Å². The lowest BCUT2D eigenvalue weighted by Gasteiger charge is -2.11. The van der Waals surface area contributed by atoms with Gasteiger partial charge in [0.05, 0.1) is 6.42 Å². The number of nitrogens with one attached hydrogen (secondary N) is 1. The number of aliphatic hydroxyl groups excluding tert-OH is 1. The van der Waals surface area contributed by atoms with Gasteiger partial charge in [-0.3, -0.25) is 19.2 Å². The van der Waals surface area contributed by atoms with Gasteiger partial charge in [-0.05, 0) is 31.7 Å². The Hall–Kier alpha value is -2.28. The summed E-state index contributed by atoms with van der Waals surface area (Å²) in [6.07, 6.45) is 1.41. The maximum absolute atomic E-state index is 10.4. The molecule has 0 saturated heterocycles. The van der Waals surface area contributed by atoms with Crippen LogP contribution in [-0.4, -0.2) is 75.5 Å². The predicted molar refractivity (Wildman–Crippen MR) is 106 cm³/mol. The molecule has 12 heteroatoms. The third-order valence-electron chi connectivity index (χ3n) is 3.14. The Bertz CT molecular complexity index is 488. The van der Waals surface area contributed by atoms with Crippen LogP contribution in [0.2, 0.25) is 0 Å². The van der Waals surface area contributed by atoms with E-state index in [4.69, 9.17) is 31.9 Å². The van der Waals surface area contributed by atoms with Gasteiger partial charge in [0, 0.05) is 6.61 Å². The first-order chi connectivity index (χ1) is 13.3. The Balaban J connectivity index is -0.000000352. The zero-order valence-corrected chi connectivity index (χ0v) is 17.2.